The van der Waals surface area contributed by atoms with Crippen molar-refractivity contribution in [2.24, 2.45) is 5.92 Å². The number of likely N-dealkylation sites (tertiary alicyclic amines) is 1. The van der Waals surface area contributed by atoms with Gasteiger partial charge < -0.3 is 9.80 Å². The standard InChI is InChI=1S/C16H30N2O2/c1-5-9-17(10-6-2)16(20)13-11-15(19)18(12-13)14(7-3)8-4/h13-14H,5-12H2,1-4H3. The molecular weight excluding hydrogens is 252 g/mol. The van der Waals surface area contributed by atoms with E-state index in [1.54, 1.807) is 0 Å². The van der Waals surface area contributed by atoms with Crippen molar-refractivity contribution in [3.63, 3.8) is 0 Å². The fourth-order valence-electron chi connectivity index (χ4n) is 3.11. The molecule has 0 aliphatic carbocycles. The lowest BCUT2D eigenvalue weighted by Crippen LogP contribution is -2.40. The van der Waals surface area contributed by atoms with Crippen molar-refractivity contribution in [2.45, 2.75) is 65.8 Å². The van der Waals surface area contributed by atoms with E-state index in [9.17, 15) is 9.59 Å². The maximum absolute atomic E-state index is 12.6. The van der Waals surface area contributed by atoms with E-state index in [0.29, 0.717) is 19.0 Å². The monoisotopic (exact) mass is 282 g/mol. The van der Waals surface area contributed by atoms with Crippen molar-refractivity contribution in [1.82, 2.24) is 9.80 Å². The lowest BCUT2D eigenvalue weighted by molar-refractivity contribution is -0.136. The third-order valence-corrected chi connectivity index (χ3v) is 4.19. The minimum atomic E-state index is -0.124. The van der Waals surface area contributed by atoms with E-state index in [2.05, 4.69) is 27.7 Å². The minimum absolute atomic E-state index is 0.124. The summed E-state index contributed by atoms with van der Waals surface area (Å²) in [7, 11) is 0. The van der Waals surface area contributed by atoms with Crippen LogP contribution in [-0.2, 0) is 9.59 Å². The Labute approximate surface area is 123 Å². The lowest BCUT2D eigenvalue weighted by Gasteiger charge is -2.27. The van der Waals surface area contributed by atoms with Crippen LogP contribution >= 0.6 is 0 Å². The Balaban J connectivity index is 2.68. The number of amides is 2. The summed E-state index contributed by atoms with van der Waals surface area (Å²) in [6, 6.07) is 0.297. The molecule has 1 fully saturated rings. The predicted octanol–water partition coefficient (Wildman–Crippen LogP) is 2.67. The summed E-state index contributed by atoms with van der Waals surface area (Å²) in [5, 5.41) is 0. The van der Waals surface area contributed by atoms with Gasteiger partial charge in [-0.2, -0.15) is 0 Å². The van der Waals surface area contributed by atoms with Gasteiger partial charge in [0.25, 0.3) is 0 Å². The van der Waals surface area contributed by atoms with Gasteiger partial charge in [-0.25, -0.2) is 0 Å². The highest BCUT2D eigenvalue weighted by molar-refractivity contribution is 5.89. The normalized spacial score (nSPS) is 18.9. The van der Waals surface area contributed by atoms with Gasteiger partial charge in [-0.15, -0.1) is 0 Å². The summed E-state index contributed by atoms with van der Waals surface area (Å²) in [6.07, 6.45) is 4.29. The first-order chi connectivity index (χ1) is 9.58. The van der Waals surface area contributed by atoms with Crippen LogP contribution in [0.2, 0.25) is 0 Å². The number of rotatable bonds is 8. The minimum Gasteiger partial charge on any atom is -0.342 e. The summed E-state index contributed by atoms with van der Waals surface area (Å²) in [5.41, 5.74) is 0. The fourth-order valence-corrected chi connectivity index (χ4v) is 3.11. The van der Waals surface area contributed by atoms with Crippen molar-refractivity contribution in [3.8, 4) is 0 Å². The van der Waals surface area contributed by atoms with E-state index in [0.717, 1.165) is 38.8 Å². The molecule has 0 aromatic heterocycles. The zero-order valence-electron chi connectivity index (χ0n) is 13.5. The number of nitrogens with zero attached hydrogens (tertiary/aromatic N) is 2. The van der Waals surface area contributed by atoms with Gasteiger partial charge in [0.2, 0.25) is 11.8 Å². The van der Waals surface area contributed by atoms with Gasteiger partial charge >= 0.3 is 0 Å². The largest absolute Gasteiger partial charge is 0.342 e. The molecule has 116 valence electrons. The highest BCUT2D eigenvalue weighted by Crippen LogP contribution is 2.24. The Morgan fingerprint density at radius 3 is 2.20 bits per heavy atom. The Morgan fingerprint density at radius 1 is 1.20 bits per heavy atom. The van der Waals surface area contributed by atoms with E-state index < -0.39 is 0 Å². The van der Waals surface area contributed by atoms with Crippen LogP contribution in [0.4, 0.5) is 0 Å². The lowest BCUT2D eigenvalue weighted by atomic mass is 10.1. The summed E-state index contributed by atoms with van der Waals surface area (Å²) in [5.74, 6) is 0.210. The van der Waals surface area contributed by atoms with Gasteiger partial charge in [0.15, 0.2) is 0 Å². The smallest absolute Gasteiger partial charge is 0.227 e. The number of hydrogen-bond donors (Lipinski definition) is 0. The molecule has 0 aromatic carbocycles. The van der Waals surface area contributed by atoms with Gasteiger partial charge in [-0.3, -0.25) is 9.59 Å². The summed E-state index contributed by atoms with van der Waals surface area (Å²) < 4.78 is 0. The van der Waals surface area contributed by atoms with E-state index in [1.165, 1.54) is 0 Å². The molecule has 1 atom stereocenters. The molecule has 0 spiro atoms. The molecule has 1 heterocycles. The van der Waals surface area contributed by atoms with Gasteiger partial charge in [-0.1, -0.05) is 27.7 Å². The van der Waals surface area contributed by atoms with Crippen LogP contribution in [0.3, 0.4) is 0 Å². The highest BCUT2D eigenvalue weighted by Gasteiger charge is 2.38. The van der Waals surface area contributed by atoms with Gasteiger partial charge in [-0.05, 0) is 25.7 Å². The van der Waals surface area contributed by atoms with E-state index in [4.69, 9.17) is 0 Å². The van der Waals surface area contributed by atoms with Crippen LogP contribution in [0.5, 0.6) is 0 Å². The summed E-state index contributed by atoms with van der Waals surface area (Å²) in [6.45, 7) is 10.6. The molecule has 1 aliphatic heterocycles. The molecule has 0 bridgehead atoms. The topological polar surface area (TPSA) is 40.6 Å². The zero-order chi connectivity index (χ0) is 15.1. The average molecular weight is 282 g/mol. The van der Waals surface area contributed by atoms with Crippen LogP contribution in [0.15, 0.2) is 0 Å². The second-order valence-corrected chi connectivity index (χ2v) is 5.74. The van der Waals surface area contributed by atoms with Gasteiger partial charge in [0, 0.05) is 32.1 Å². The predicted molar refractivity (Wildman–Crippen MR) is 81.4 cm³/mol. The number of carbonyl (C=O) groups excluding carboxylic acids is 2. The SMILES string of the molecule is CCCN(CCC)C(=O)C1CC(=O)N(C(CC)CC)C1. The zero-order valence-corrected chi connectivity index (χ0v) is 13.5. The van der Waals surface area contributed by atoms with Crippen LogP contribution in [0.1, 0.15) is 59.8 Å². The van der Waals surface area contributed by atoms with Crippen LogP contribution in [0, 0.1) is 5.92 Å². The van der Waals surface area contributed by atoms with E-state index in [-0.39, 0.29) is 17.7 Å². The third kappa shape index (κ3) is 3.97. The summed E-state index contributed by atoms with van der Waals surface area (Å²) in [4.78, 5) is 28.6. The first kappa shape index (κ1) is 17.0. The molecule has 0 N–H and O–H groups in total. The molecule has 1 unspecified atom stereocenters. The van der Waals surface area contributed by atoms with Crippen LogP contribution in [0.25, 0.3) is 0 Å². The third-order valence-electron chi connectivity index (χ3n) is 4.19. The Hall–Kier alpha value is -1.06. The summed E-state index contributed by atoms with van der Waals surface area (Å²) >= 11 is 0. The molecule has 1 aliphatic rings. The van der Waals surface area contributed by atoms with Crippen molar-refractivity contribution in [2.75, 3.05) is 19.6 Å². The second kappa shape index (κ2) is 8.28. The van der Waals surface area contributed by atoms with Crippen LogP contribution < -0.4 is 0 Å². The van der Waals surface area contributed by atoms with Crippen LogP contribution in [-0.4, -0.2) is 47.3 Å². The molecule has 1 rings (SSSR count). The fraction of sp³-hybridized carbons (Fsp3) is 0.875. The Kier molecular flexibility index (Phi) is 7.03. The maximum Gasteiger partial charge on any atom is 0.227 e. The van der Waals surface area contributed by atoms with Crippen molar-refractivity contribution in [1.29, 1.82) is 0 Å². The van der Waals surface area contributed by atoms with Gasteiger partial charge in [0.05, 0.1) is 5.92 Å². The van der Waals surface area contributed by atoms with Gasteiger partial charge in [0.1, 0.15) is 0 Å². The number of hydrogen-bond acceptors (Lipinski definition) is 2. The Bertz CT molecular complexity index is 320. The molecule has 2 amide bonds. The Morgan fingerprint density at radius 2 is 1.75 bits per heavy atom. The molecule has 0 saturated carbocycles. The quantitative estimate of drug-likeness (QED) is 0.687. The molecule has 4 nitrogen and oxygen atoms in total. The maximum atomic E-state index is 12.6. The second-order valence-electron chi connectivity index (χ2n) is 5.74. The molecule has 4 heteroatoms. The van der Waals surface area contributed by atoms with Crippen molar-refractivity contribution < 1.29 is 9.59 Å². The molecule has 20 heavy (non-hydrogen) atoms. The van der Waals surface area contributed by atoms with E-state index >= 15 is 0 Å². The first-order valence-electron chi connectivity index (χ1n) is 8.17. The first-order valence-corrected chi connectivity index (χ1v) is 8.17. The highest BCUT2D eigenvalue weighted by atomic mass is 16.2. The van der Waals surface area contributed by atoms with Crippen molar-refractivity contribution >= 4 is 11.8 Å². The number of carbonyl (C=O) groups is 2. The van der Waals surface area contributed by atoms with E-state index in [1.807, 2.05) is 9.80 Å². The molecule has 0 aromatic rings. The molecule has 1 saturated heterocycles. The molecular formula is C16H30N2O2. The van der Waals surface area contributed by atoms with Crippen molar-refractivity contribution in [3.05, 3.63) is 0 Å². The average Bonchev–Trinajstić information content (AvgIpc) is 2.81. The molecule has 0 radical (unpaired) electrons.